The van der Waals surface area contributed by atoms with Crippen LogP contribution in [-0.4, -0.2) is 107 Å². The minimum absolute atomic E-state index is 0.0423. The molecule has 0 amide bonds. The monoisotopic (exact) mass is 406 g/mol. The van der Waals surface area contributed by atoms with Gasteiger partial charge in [0.25, 0.3) is 0 Å². The van der Waals surface area contributed by atoms with Crippen LogP contribution in [0.3, 0.4) is 0 Å². The quantitative estimate of drug-likeness (QED) is 0.112. The van der Waals surface area contributed by atoms with E-state index in [1.54, 1.807) is 0 Å². The molecule has 0 aromatic heterocycles. The predicted molar refractivity (Wildman–Crippen MR) is 122 cm³/mol. The van der Waals surface area contributed by atoms with E-state index in [-0.39, 0.29) is 5.54 Å². The van der Waals surface area contributed by atoms with Crippen LogP contribution >= 0.6 is 0 Å². The fourth-order valence-corrected chi connectivity index (χ4v) is 3.04. The van der Waals surface area contributed by atoms with Gasteiger partial charge in [-0.3, -0.25) is 9.80 Å². The van der Waals surface area contributed by atoms with Gasteiger partial charge in [0.2, 0.25) is 0 Å². The smallest absolute Gasteiger partial charge is 0.0177 e. The molecule has 172 valence electrons. The summed E-state index contributed by atoms with van der Waals surface area (Å²) in [6.45, 7) is 13.3. The Hall–Kier alpha value is -0.400. The normalized spacial score (nSPS) is 11.8. The highest BCUT2D eigenvalue weighted by atomic mass is 15.2. The van der Waals surface area contributed by atoms with Crippen molar-refractivity contribution in [3.8, 4) is 0 Å². The molecule has 0 saturated carbocycles. The van der Waals surface area contributed by atoms with Crippen molar-refractivity contribution >= 4 is 0 Å². The van der Waals surface area contributed by atoms with Gasteiger partial charge in [0.05, 0.1) is 0 Å². The number of nitrogens with one attached hydrogen (secondary N) is 1. The first-order valence-corrected chi connectivity index (χ1v) is 10.6. The number of nitrogens with two attached hydrogens (primary N) is 7. The Morgan fingerprint density at radius 1 is 0.536 bits per heavy atom. The van der Waals surface area contributed by atoms with Crippen molar-refractivity contribution in [2.45, 2.75) is 25.3 Å². The van der Waals surface area contributed by atoms with E-state index in [0.717, 1.165) is 58.7 Å². The first kappa shape index (κ1) is 29.8. The van der Waals surface area contributed by atoms with E-state index in [2.05, 4.69) is 22.0 Å². The Kier molecular flexibility index (Phi) is 22.7. The van der Waals surface area contributed by atoms with Crippen LogP contribution in [0, 0.1) is 0 Å². The number of nitrogens with zero attached hydrogens (tertiary/aromatic N) is 2. The molecule has 0 spiro atoms. The van der Waals surface area contributed by atoms with E-state index in [0.29, 0.717) is 45.8 Å². The van der Waals surface area contributed by atoms with E-state index in [9.17, 15) is 0 Å². The van der Waals surface area contributed by atoms with Gasteiger partial charge in [0, 0.05) is 84.1 Å². The van der Waals surface area contributed by atoms with Gasteiger partial charge >= 0.3 is 0 Å². The molecule has 0 bridgehead atoms. The Balaban J connectivity index is 0. The molecule has 0 unspecified atom stereocenters. The Morgan fingerprint density at radius 2 is 0.857 bits per heavy atom. The predicted octanol–water partition coefficient (Wildman–Crippen LogP) is -3.58. The zero-order valence-electron chi connectivity index (χ0n) is 18.2. The highest BCUT2D eigenvalue weighted by molar-refractivity contribution is 4.84. The van der Waals surface area contributed by atoms with E-state index >= 15 is 0 Å². The summed E-state index contributed by atoms with van der Waals surface area (Å²) in [5, 5.41) is 3.56. The standard InChI is InChI=1S/C12H32N6.C6H18N4/c1-12(2-4-13,3-5-14)17-8-11-18(9-6-15)10-7-16;7-1-4-10(5-2-8)6-3-9/h17H,2-11,13-16H2,1H3;1-9H2. The van der Waals surface area contributed by atoms with Crippen LogP contribution < -0.4 is 45.5 Å². The third kappa shape index (κ3) is 17.7. The van der Waals surface area contributed by atoms with Gasteiger partial charge in [0.15, 0.2) is 0 Å². The van der Waals surface area contributed by atoms with E-state index in [1.807, 2.05) is 0 Å². The fourth-order valence-electron chi connectivity index (χ4n) is 3.04. The average Bonchev–Trinajstić information content (AvgIpc) is 2.64. The van der Waals surface area contributed by atoms with Crippen LogP contribution in [0.25, 0.3) is 0 Å². The van der Waals surface area contributed by atoms with Crippen molar-refractivity contribution < 1.29 is 0 Å². The van der Waals surface area contributed by atoms with Crippen molar-refractivity contribution in [1.29, 1.82) is 0 Å². The van der Waals surface area contributed by atoms with Gasteiger partial charge in [0.1, 0.15) is 0 Å². The largest absolute Gasteiger partial charge is 0.330 e. The fraction of sp³-hybridized carbons (Fsp3) is 1.00. The zero-order valence-corrected chi connectivity index (χ0v) is 18.2. The first-order chi connectivity index (χ1) is 13.5. The van der Waals surface area contributed by atoms with Crippen molar-refractivity contribution in [3.63, 3.8) is 0 Å². The number of hydrogen-bond donors (Lipinski definition) is 8. The van der Waals surface area contributed by atoms with Gasteiger partial charge in [-0.25, -0.2) is 0 Å². The molecule has 0 aliphatic carbocycles. The molecule has 0 aromatic rings. The zero-order chi connectivity index (χ0) is 21.7. The maximum Gasteiger partial charge on any atom is 0.0177 e. The molecule has 0 aliphatic heterocycles. The SMILES string of the molecule is CC(CCN)(CCN)NCCN(CCN)CCN.NCCN(CCN)CCN. The molecule has 28 heavy (non-hydrogen) atoms. The molecular weight excluding hydrogens is 356 g/mol. The first-order valence-electron chi connectivity index (χ1n) is 10.6. The van der Waals surface area contributed by atoms with Crippen LogP contribution in [0.15, 0.2) is 0 Å². The average molecular weight is 407 g/mol. The molecule has 0 fully saturated rings. The molecule has 0 aromatic carbocycles. The summed E-state index contributed by atoms with van der Waals surface area (Å²) in [6.07, 6.45) is 1.88. The summed E-state index contributed by atoms with van der Waals surface area (Å²) >= 11 is 0. The lowest BCUT2D eigenvalue weighted by molar-refractivity contribution is 0.253. The molecule has 0 aliphatic rings. The number of hydrogen-bond acceptors (Lipinski definition) is 10. The molecule has 0 radical (unpaired) electrons. The molecule has 15 N–H and O–H groups in total. The second kappa shape index (κ2) is 21.3. The lowest BCUT2D eigenvalue weighted by atomic mass is 9.93. The summed E-state index contributed by atoms with van der Waals surface area (Å²) in [7, 11) is 0. The van der Waals surface area contributed by atoms with Crippen LogP contribution in [0.2, 0.25) is 0 Å². The highest BCUT2D eigenvalue weighted by Crippen LogP contribution is 2.12. The van der Waals surface area contributed by atoms with Crippen molar-refractivity contribution in [2.24, 2.45) is 40.1 Å². The number of rotatable bonds is 18. The maximum atomic E-state index is 5.65. The molecule has 0 atom stereocenters. The van der Waals surface area contributed by atoms with Gasteiger partial charge in [-0.05, 0) is 32.9 Å². The summed E-state index contributed by atoms with van der Waals surface area (Å²) in [4.78, 5) is 4.44. The van der Waals surface area contributed by atoms with Crippen molar-refractivity contribution in [1.82, 2.24) is 15.1 Å². The molecule has 0 saturated heterocycles. The van der Waals surface area contributed by atoms with Crippen LogP contribution in [0.4, 0.5) is 0 Å². The Bertz CT molecular complexity index is 280. The van der Waals surface area contributed by atoms with Crippen LogP contribution in [-0.2, 0) is 0 Å². The Labute approximate surface area is 172 Å². The topological polar surface area (TPSA) is 201 Å². The van der Waals surface area contributed by atoms with Gasteiger partial charge in [-0.2, -0.15) is 0 Å². The van der Waals surface area contributed by atoms with Crippen molar-refractivity contribution in [2.75, 3.05) is 91.6 Å². The second-order valence-corrected chi connectivity index (χ2v) is 7.19. The summed E-state index contributed by atoms with van der Waals surface area (Å²) < 4.78 is 0. The van der Waals surface area contributed by atoms with E-state index < -0.39 is 0 Å². The molecule has 10 nitrogen and oxygen atoms in total. The molecule has 0 rings (SSSR count). The summed E-state index contributed by atoms with van der Waals surface area (Å²) in [5.74, 6) is 0. The maximum absolute atomic E-state index is 5.65. The lowest BCUT2D eigenvalue weighted by Gasteiger charge is -2.32. The van der Waals surface area contributed by atoms with E-state index in [4.69, 9.17) is 40.1 Å². The van der Waals surface area contributed by atoms with Gasteiger partial charge < -0.3 is 45.5 Å². The van der Waals surface area contributed by atoms with E-state index in [1.165, 1.54) is 0 Å². The van der Waals surface area contributed by atoms with Gasteiger partial charge in [-0.15, -0.1) is 0 Å². The van der Waals surface area contributed by atoms with Crippen LogP contribution in [0.5, 0.6) is 0 Å². The highest BCUT2D eigenvalue weighted by Gasteiger charge is 2.21. The minimum Gasteiger partial charge on any atom is -0.330 e. The third-order valence-electron chi connectivity index (χ3n) is 4.60. The Morgan fingerprint density at radius 3 is 1.14 bits per heavy atom. The minimum atomic E-state index is 0.0423. The molecular formula is C18H50N10. The van der Waals surface area contributed by atoms with Gasteiger partial charge in [-0.1, -0.05) is 0 Å². The third-order valence-corrected chi connectivity index (χ3v) is 4.60. The molecule has 10 heteroatoms. The van der Waals surface area contributed by atoms with Crippen LogP contribution in [0.1, 0.15) is 19.8 Å². The second-order valence-electron chi connectivity index (χ2n) is 7.19. The summed E-state index contributed by atoms with van der Waals surface area (Å²) in [5.41, 5.74) is 38.6. The lowest BCUT2D eigenvalue weighted by Crippen LogP contribution is -2.49. The summed E-state index contributed by atoms with van der Waals surface area (Å²) in [6, 6.07) is 0. The molecule has 0 heterocycles. The van der Waals surface area contributed by atoms with Crippen molar-refractivity contribution in [3.05, 3.63) is 0 Å².